The Balaban J connectivity index is 2.02. The van der Waals surface area contributed by atoms with E-state index in [1.807, 2.05) is 6.07 Å². The average molecular weight is 262 g/mol. The fourth-order valence-corrected chi connectivity index (χ4v) is 2.74. The summed E-state index contributed by atoms with van der Waals surface area (Å²) in [6.45, 7) is 6.70. The van der Waals surface area contributed by atoms with Crippen molar-refractivity contribution in [3.8, 4) is 0 Å². The topological polar surface area (TPSA) is 32.8 Å². The van der Waals surface area contributed by atoms with Gasteiger partial charge in [-0.2, -0.15) is 0 Å². The second-order valence-electron chi connectivity index (χ2n) is 5.23. The van der Waals surface area contributed by atoms with Crippen LogP contribution in [0, 0.1) is 0 Å². The van der Waals surface area contributed by atoms with Crippen LogP contribution in [0.4, 0.5) is 4.79 Å². The molecule has 1 aliphatic heterocycles. The molecule has 4 nitrogen and oxygen atoms in total. The third-order valence-corrected chi connectivity index (χ3v) is 3.74. The van der Waals surface area contributed by atoms with E-state index in [-0.39, 0.29) is 6.09 Å². The highest BCUT2D eigenvalue weighted by atomic mass is 16.5. The van der Waals surface area contributed by atoms with Crippen molar-refractivity contribution >= 4 is 6.09 Å². The molecule has 2 rings (SSSR count). The molecule has 0 saturated carbocycles. The van der Waals surface area contributed by atoms with Crippen LogP contribution < -0.4 is 0 Å². The molecule has 2 atom stereocenters. The number of nitrogens with zero attached hydrogens (tertiary/aromatic N) is 2. The zero-order valence-electron chi connectivity index (χ0n) is 11.9. The van der Waals surface area contributed by atoms with Gasteiger partial charge in [0.1, 0.15) is 0 Å². The predicted molar refractivity (Wildman–Crippen MR) is 74.9 cm³/mol. The Bertz CT molecular complexity index is 409. The van der Waals surface area contributed by atoms with E-state index in [1.54, 1.807) is 4.90 Å². The largest absolute Gasteiger partial charge is 0.453 e. The fourth-order valence-electron chi connectivity index (χ4n) is 2.74. The Labute approximate surface area is 115 Å². The Morgan fingerprint density at radius 3 is 2.32 bits per heavy atom. The van der Waals surface area contributed by atoms with Gasteiger partial charge >= 0.3 is 6.09 Å². The fraction of sp³-hybridized carbons (Fsp3) is 0.533. The molecule has 1 amide bonds. The zero-order chi connectivity index (χ0) is 13.8. The number of methoxy groups -OCH3 is 1. The van der Waals surface area contributed by atoms with Crippen LogP contribution in [-0.4, -0.2) is 48.2 Å². The van der Waals surface area contributed by atoms with Crippen LogP contribution in [0.3, 0.4) is 0 Å². The summed E-state index contributed by atoms with van der Waals surface area (Å²) in [4.78, 5) is 15.8. The van der Waals surface area contributed by atoms with Crippen LogP contribution in [0.5, 0.6) is 0 Å². The summed E-state index contributed by atoms with van der Waals surface area (Å²) in [7, 11) is 1.44. The van der Waals surface area contributed by atoms with Gasteiger partial charge in [-0.05, 0) is 19.4 Å². The number of hydrogen-bond acceptors (Lipinski definition) is 3. The minimum Gasteiger partial charge on any atom is -0.453 e. The predicted octanol–water partition coefficient (Wildman–Crippen LogP) is 2.35. The van der Waals surface area contributed by atoms with E-state index in [2.05, 4.69) is 43.0 Å². The van der Waals surface area contributed by atoms with Crippen molar-refractivity contribution in [2.45, 2.75) is 32.5 Å². The highest BCUT2D eigenvalue weighted by Crippen LogP contribution is 2.19. The molecule has 1 aliphatic rings. The van der Waals surface area contributed by atoms with Crippen molar-refractivity contribution in [3.63, 3.8) is 0 Å². The minimum absolute atomic E-state index is 0.224. The Morgan fingerprint density at radius 1 is 1.21 bits per heavy atom. The molecule has 0 aliphatic carbocycles. The van der Waals surface area contributed by atoms with Crippen molar-refractivity contribution in [2.75, 3.05) is 20.2 Å². The van der Waals surface area contributed by atoms with E-state index >= 15 is 0 Å². The first-order valence-electron chi connectivity index (χ1n) is 6.74. The maximum atomic E-state index is 11.6. The van der Waals surface area contributed by atoms with Gasteiger partial charge in [0, 0.05) is 31.7 Å². The molecule has 0 N–H and O–H groups in total. The van der Waals surface area contributed by atoms with Gasteiger partial charge in [-0.3, -0.25) is 4.90 Å². The van der Waals surface area contributed by atoms with Crippen LogP contribution >= 0.6 is 0 Å². The normalized spacial score (nSPS) is 24.3. The van der Waals surface area contributed by atoms with E-state index in [1.165, 1.54) is 12.7 Å². The van der Waals surface area contributed by atoms with Crippen molar-refractivity contribution < 1.29 is 9.53 Å². The minimum atomic E-state index is -0.224. The van der Waals surface area contributed by atoms with E-state index in [0.717, 1.165) is 19.6 Å². The number of carbonyl (C=O) groups excluding carboxylic acids is 1. The molecule has 0 aromatic heterocycles. The average Bonchev–Trinajstić information content (AvgIpc) is 2.43. The zero-order valence-corrected chi connectivity index (χ0v) is 11.9. The van der Waals surface area contributed by atoms with Gasteiger partial charge in [-0.1, -0.05) is 30.3 Å². The van der Waals surface area contributed by atoms with Crippen LogP contribution in [0.2, 0.25) is 0 Å². The van der Waals surface area contributed by atoms with Crippen molar-refractivity contribution in [3.05, 3.63) is 35.9 Å². The summed E-state index contributed by atoms with van der Waals surface area (Å²) >= 11 is 0. The Hall–Kier alpha value is -1.55. The summed E-state index contributed by atoms with van der Waals surface area (Å²) in [6, 6.07) is 11.1. The van der Waals surface area contributed by atoms with Gasteiger partial charge in [-0.25, -0.2) is 4.79 Å². The van der Waals surface area contributed by atoms with Crippen LogP contribution in [-0.2, 0) is 11.3 Å². The smallest absolute Gasteiger partial charge is 0.409 e. The molecule has 0 bridgehead atoms. The lowest BCUT2D eigenvalue weighted by atomic mass is 10.1. The molecule has 1 saturated heterocycles. The third kappa shape index (κ3) is 3.26. The lowest BCUT2D eigenvalue weighted by Crippen LogP contribution is -2.57. The van der Waals surface area contributed by atoms with Crippen LogP contribution in [0.25, 0.3) is 0 Å². The van der Waals surface area contributed by atoms with Gasteiger partial charge in [0.15, 0.2) is 0 Å². The number of piperazine rings is 1. The number of rotatable bonds is 2. The van der Waals surface area contributed by atoms with Gasteiger partial charge in [0.2, 0.25) is 0 Å². The molecule has 104 valence electrons. The highest BCUT2D eigenvalue weighted by Gasteiger charge is 2.31. The number of benzene rings is 1. The molecule has 1 aromatic carbocycles. The Kier molecular flexibility index (Phi) is 4.43. The first kappa shape index (κ1) is 13.9. The Morgan fingerprint density at radius 2 is 1.79 bits per heavy atom. The molecule has 1 fully saturated rings. The van der Waals surface area contributed by atoms with Crippen molar-refractivity contribution in [1.82, 2.24) is 9.80 Å². The third-order valence-electron chi connectivity index (χ3n) is 3.74. The first-order chi connectivity index (χ1) is 9.11. The number of amides is 1. The number of carbonyl (C=O) groups is 1. The highest BCUT2D eigenvalue weighted by molar-refractivity contribution is 5.67. The SMILES string of the molecule is COC(=O)N1CC(C)N(Cc2ccccc2)C(C)C1. The van der Waals surface area contributed by atoms with E-state index in [9.17, 15) is 4.79 Å². The first-order valence-corrected chi connectivity index (χ1v) is 6.74. The van der Waals surface area contributed by atoms with Crippen LogP contribution in [0.15, 0.2) is 30.3 Å². The molecule has 0 spiro atoms. The second kappa shape index (κ2) is 6.06. The molecular formula is C15H22N2O2. The summed E-state index contributed by atoms with van der Waals surface area (Å²) < 4.78 is 4.81. The van der Waals surface area contributed by atoms with Gasteiger partial charge in [0.25, 0.3) is 0 Å². The number of ether oxygens (including phenoxy) is 1. The summed E-state index contributed by atoms with van der Waals surface area (Å²) in [5, 5.41) is 0. The lowest BCUT2D eigenvalue weighted by molar-refractivity contribution is 0.0293. The molecular weight excluding hydrogens is 240 g/mol. The summed E-state index contributed by atoms with van der Waals surface area (Å²) in [6.07, 6.45) is -0.224. The van der Waals surface area contributed by atoms with E-state index < -0.39 is 0 Å². The lowest BCUT2D eigenvalue weighted by Gasteiger charge is -2.43. The van der Waals surface area contributed by atoms with Crippen molar-refractivity contribution in [1.29, 1.82) is 0 Å². The van der Waals surface area contributed by atoms with Gasteiger partial charge < -0.3 is 9.64 Å². The van der Waals surface area contributed by atoms with Gasteiger partial charge in [0.05, 0.1) is 7.11 Å². The molecule has 4 heteroatoms. The molecule has 1 aromatic rings. The summed E-state index contributed by atoms with van der Waals surface area (Å²) in [5.74, 6) is 0. The van der Waals surface area contributed by atoms with Gasteiger partial charge in [-0.15, -0.1) is 0 Å². The molecule has 0 radical (unpaired) electrons. The van der Waals surface area contributed by atoms with Crippen molar-refractivity contribution in [2.24, 2.45) is 0 Å². The van der Waals surface area contributed by atoms with Crippen LogP contribution in [0.1, 0.15) is 19.4 Å². The monoisotopic (exact) mass is 262 g/mol. The second-order valence-corrected chi connectivity index (χ2v) is 5.23. The van der Waals surface area contributed by atoms with E-state index in [0.29, 0.717) is 12.1 Å². The van der Waals surface area contributed by atoms with E-state index in [4.69, 9.17) is 4.74 Å². The maximum absolute atomic E-state index is 11.6. The molecule has 1 heterocycles. The molecule has 19 heavy (non-hydrogen) atoms. The quantitative estimate of drug-likeness (QED) is 0.820. The maximum Gasteiger partial charge on any atom is 0.409 e. The molecule has 2 unspecified atom stereocenters. The summed E-state index contributed by atoms with van der Waals surface area (Å²) in [5.41, 5.74) is 1.31. The number of hydrogen-bond donors (Lipinski definition) is 0. The standard InChI is InChI=1S/C15H22N2O2/c1-12-9-16(15(18)19-3)10-13(2)17(12)11-14-7-5-4-6-8-14/h4-8,12-13H,9-11H2,1-3H3.